The van der Waals surface area contributed by atoms with Crippen molar-refractivity contribution in [3.63, 3.8) is 0 Å². The summed E-state index contributed by atoms with van der Waals surface area (Å²) in [5, 5.41) is 16.0. The second-order valence-electron chi connectivity index (χ2n) is 4.72. The van der Waals surface area contributed by atoms with Gasteiger partial charge < -0.3 is 10.4 Å². The standard InChI is InChI=1S/C15H15BrFNO2S/c16-12-1-2-14(17)13(6-12)15(20)18-7-11(8-19)5-10-3-4-21-9-10/h1-4,6,9,11,19H,5,7-8H2,(H,18,20). The molecule has 0 fully saturated rings. The maximum Gasteiger partial charge on any atom is 0.254 e. The molecule has 0 aliphatic rings. The van der Waals surface area contributed by atoms with Crippen molar-refractivity contribution in [2.45, 2.75) is 6.42 Å². The lowest BCUT2D eigenvalue weighted by Gasteiger charge is -2.14. The highest BCUT2D eigenvalue weighted by Crippen LogP contribution is 2.16. The molecule has 112 valence electrons. The summed E-state index contributed by atoms with van der Waals surface area (Å²) in [6, 6.07) is 6.22. The zero-order valence-corrected chi connectivity index (χ0v) is 13.6. The van der Waals surface area contributed by atoms with Crippen LogP contribution in [0.1, 0.15) is 15.9 Å². The molecule has 2 aromatic rings. The molecule has 0 aliphatic carbocycles. The van der Waals surface area contributed by atoms with Crippen LogP contribution in [0.25, 0.3) is 0 Å². The highest BCUT2D eigenvalue weighted by atomic mass is 79.9. The molecule has 1 unspecified atom stereocenters. The molecular weight excluding hydrogens is 357 g/mol. The molecule has 2 N–H and O–H groups in total. The van der Waals surface area contributed by atoms with Gasteiger partial charge in [-0.25, -0.2) is 4.39 Å². The molecule has 0 saturated carbocycles. The van der Waals surface area contributed by atoms with Crippen molar-refractivity contribution in [1.82, 2.24) is 5.32 Å². The number of aliphatic hydroxyl groups excluding tert-OH is 1. The van der Waals surface area contributed by atoms with Crippen molar-refractivity contribution in [3.8, 4) is 0 Å². The molecule has 6 heteroatoms. The topological polar surface area (TPSA) is 49.3 Å². The first kappa shape index (κ1) is 16.1. The fraction of sp³-hybridized carbons (Fsp3) is 0.267. The summed E-state index contributed by atoms with van der Waals surface area (Å²) < 4.78 is 14.2. The lowest BCUT2D eigenvalue weighted by molar-refractivity contribution is 0.0936. The molecule has 3 nitrogen and oxygen atoms in total. The number of amides is 1. The van der Waals surface area contributed by atoms with E-state index >= 15 is 0 Å². The van der Waals surface area contributed by atoms with Crippen LogP contribution in [0.4, 0.5) is 4.39 Å². The summed E-state index contributed by atoms with van der Waals surface area (Å²) in [5.74, 6) is -1.12. The largest absolute Gasteiger partial charge is 0.396 e. The van der Waals surface area contributed by atoms with Crippen LogP contribution in [0.3, 0.4) is 0 Å². The van der Waals surface area contributed by atoms with Crippen LogP contribution in [0, 0.1) is 11.7 Å². The smallest absolute Gasteiger partial charge is 0.254 e. The number of rotatable bonds is 6. The third-order valence-electron chi connectivity index (χ3n) is 3.09. The monoisotopic (exact) mass is 371 g/mol. The van der Waals surface area contributed by atoms with E-state index in [1.54, 1.807) is 17.4 Å². The second kappa shape index (κ2) is 7.68. The molecule has 1 aromatic carbocycles. The van der Waals surface area contributed by atoms with Crippen LogP contribution in [-0.4, -0.2) is 24.2 Å². The fourth-order valence-corrected chi connectivity index (χ4v) is 2.99. The van der Waals surface area contributed by atoms with Gasteiger partial charge >= 0.3 is 0 Å². The van der Waals surface area contributed by atoms with E-state index in [1.165, 1.54) is 12.1 Å². The quantitative estimate of drug-likeness (QED) is 0.818. The van der Waals surface area contributed by atoms with Gasteiger partial charge in [0, 0.05) is 23.5 Å². The minimum Gasteiger partial charge on any atom is -0.396 e. The average molecular weight is 372 g/mol. The molecule has 0 radical (unpaired) electrons. The van der Waals surface area contributed by atoms with Gasteiger partial charge in [0.2, 0.25) is 0 Å². The number of carbonyl (C=O) groups excluding carboxylic acids is 1. The maximum atomic E-state index is 13.6. The Labute approximate surface area is 134 Å². The van der Waals surface area contributed by atoms with Gasteiger partial charge in [0.05, 0.1) is 5.56 Å². The molecule has 21 heavy (non-hydrogen) atoms. The minimum atomic E-state index is -0.561. The van der Waals surface area contributed by atoms with Crippen molar-refractivity contribution in [3.05, 3.63) is 56.4 Å². The summed E-state index contributed by atoms with van der Waals surface area (Å²) >= 11 is 4.81. The third kappa shape index (κ3) is 4.62. The summed E-state index contributed by atoms with van der Waals surface area (Å²) in [4.78, 5) is 12.0. The first-order chi connectivity index (χ1) is 10.1. The summed E-state index contributed by atoms with van der Waals surface area (Å²) in [5.41, 5.74) is 1.12. The number of hydrogen-bond donors (Lipinski definition) is 2. The average Bonchev–Trinajstić information content (AvgIpc) is 2.98. The number of nitrogens with one attached hydrogen (secondary N) is 1. The predicted molar refractivity (Wildman–Crippen MR) is 85.0 cm³/mol. The van der Waals surface area contributed by atoms with Crippen LogP contribution < -0.4 is 5.32 Å². The number of thiophene rings is 1. The maximum absolute atomic E-state index is 13.6. The Kier molecular flexibility index (Phi) is 5.90. The van der Waals surface area contributed by atoms with Gasteiger partial charge in [0.15, 0.2) is 0 Å². The third-order valence-corrected chi connectivity index (χ3v) is 4.31. The zero-order chi connectivity index (χ0) is 15.2. The van der Waals surface area contributed by atoms with E-state index in [9.17, 15) is 14.3 Å². The highest BCUT2D eigenvalue weighted by Gasteiger charge is 2.15. The van der Waals surface area contributed by atoms with Crippen LogP contribution in [-0.2, 0) is 6.42 Å². The van der Waals surface area contributed by atoms with Crippen molar-refractivity contribution >= 4 is 33.2 Å². The Bertz CT molecular complexity index is 604. The molecule has 0 aliphatic heterocycles. The lowest BCUT2D eigenvalue weighted by Crippen LogP contribution is -2.32. The highest BCUT2D eigenvalue weighted by molar-refractivity contribution is 9.10. The van der Waals surface area contributed by atoms with Gasteiger partial charge in [0.25, 0.3) is 5.91 Å². The molecule has 1 heterocycles. The second-order valence-corrected chi connectivity index (χ2v) is 6.41. The van der Waals surface area contributed by atoms with Crippen LogP contribution in [0.2, 0.25) is 0 Å². The molecular formula is C15H15BrFNO2S. The zero-order valence-electron chi connectivity index (χ0n) is 11.2. The van der Waals surface area contributed by atoms with Crippen molar-refractivity contribution in [2.75, 3.05) is 13.2 Å². The normalized spacial score (nSPS) is 12.1. The Morgan fingerprint density at radius 3 is 2.90 bits per heavy atom. The van der Waals surface area contributed by atoms with E-state index in [2.05, 4.69) is 21.2 Å². The van der Waals surface area contributed by atoms with Gasteiger partial charge in [0.1, 0.15) is 5.82 Å². The van der Waals surface area contributed by atoms with Crippen LogP contribution >= 0.6 is 27.3 Å². The summed E-state index contributed by atoms with van der Waals surface area (Å²) in [7, 11) is 0. The van der Waals surface area contributed by atoms with Crippen LogP contribution in [0.15, 0.2) is 39.5 Å². The molecule has 1 aromatic heterocycles. The number of aliphatic hydroxyl groups is 1. The first-order valence-corrected chi connectivity index (χ1v) is 8.19. The number of halogens is 2. The van der Waals surface area contributed by atoms with Crippen molar-refractivity contribution in [2.24, 2.45) is 5.92 Å². The predicted octanol–water partition coefficient (Wildman–Crippen LogP) is 3.23. The van der Waals surface area contributed by atoms with Crippen molar-refractivity contribution in [1.29, 1.82) is 0 Å². The van der Waals surface area contributed by atoms with Gasteiger partial charge in [-0.1, -0.05) is 15.9 Å². The molecule has 2 rings (SSSR count). The molecule has 0 spiro atoms. The van der Waals surface area contributed by atoms with E-state index in [-0.39, 0.29) is 18.1 Å². The number of hydrogen-bond acceptors (Lipinski definition) is 3. The molecule has 0 bridgehead atoms. The van der Waals surface area contributed by atoms with Gasteiger partial charge in [-0.2, -0.15) is 11.3 Å². The summed E-state index contributed by atoms with van der Waals surface area (Å²) in [6.45, 7) is 0.272. The Balaban J connectivity index is 1.94. The van der Waals surface area contributed by atoms with E-state index in [4.69, 9.17) is 0 Å². The first-order valence-electron chi connectivity index (χ1n) is 6.45. The Hall–Kier alpha value is -1.24. The molecule has 1 atom stereocenters. The van der Waals surface area contributed by atoms with E-state index in [0.29, 0.717) is 17.4 Å². The van der Waals surface area contributed by atoms with E-state index in [1.807, 2.05) is 16.8 Å². The number of benzene rings is 1. The molecule has 1 amide bonds. The van der Waals surface area contributed by atoms with Crippen LogP contribution in [0.5, 0.6) is 0 Å². The van der Waals surface area contributed by atoms with Gasteiger partial charge in [-0.05, 0) is 47.0 Å². The fourth-order valence-electron chi connectivity index (χ4n) is 1.95. The SMILES string of the molecule is O=C(NCC(CO)Cc1ccsc1)c1cc(Br)ccc1F. The van der Waals surface area contributed by atoms with Gasteiger partial charge in [-0.3, -0.25) is 4.79 Å². The Morgan fingerprint density at radius 2 is 2.24 bits per heavy atom. The number of carbonyl (C=O) groups is 1. The van der Waals surface area contributed by atoms with E-state index in [0.717, 1.165) is 5.56 Å². The Morgan fingerprint density at radius 1 is 1.43 bits per heavy atom. The minimum absolute atomic E-state index is 0.00315. The van der Waals surface area contributed by atoms with Crippen molar-refractivity contribution < 1.29 is 14.3 Å². The lowest BCUT2D eigenvalue weighted by atomic mass is 10.0. The summed E-state index contributed by atoms with van der Waals surface area (Å²) in [6.07, 6.45) is 0.682. The van der Waals surface area contributed by atoms with E-state index < -0.39 is 11.7 Å². The molecule has 0 saturated heterocycles. The van der Waals surface area contributed by atoms with Gasteiger partial charge in [-0.15, -0.1) is 0 Å².